The zero-order chi connectivity index (χ0) is 13.0. The van der Waals surface area contributed by atoms with Crippen LogP contribution >= 0.6 is 0 Å². The maximum Gasteiger partial charge on any atom is 0.0108 e. The van der Waals surface area contributed by atoms with Gasteiger partial charge in [0.2, 0.25) is 0 Å². The second kappa shape index (κ2) is 6.38. The van der Waals surface area contributed by atoms with Gasteiger partial charge in [0.1, 0.15) is 0 Å². The summed E-state index contributed by atoms with van der Waals surface area (Å²) in [5, 5.41) is 0. The van der Waals surface area contributed by atoms with Crippen LogP contribution in [0.1, 0.15) is 63.0 Å². The van der Waals surface area contributed by atoms with Gasteiger partial charge in [0.15, 0.2) is 0 Å². The highest BCUT2D eigenvalue weighted by molar-refractivity contribution is 5.25. The van der Waals surface area contributed by atoms with E-state index in [4.69, 9.17) is 5.73 Å². The van der Waals surface area contributed by atoms with Gasteiger partial charge in [-0.05, 0) is 42.2 Å². The van der Waals surface area contributed by atoms with Crippen LogP contribution in [0.3, 0.4) is 0 Å². The normalized spacial score (nSPS) is 19.1. The highest BCUT2D eigenvalue weighted by Gasteiger charge is 2.20. The Morgan fingerprint density at radius 3 is 2.22 bits per heavy atom. The summed E-state index contributed by atoms with van der Waals surface area (Å²) in [6, 6.07) is 9.40. The van der Waals surface area contributed by atoms with Crippen molar-refractivity contribution >= 4 is 0 Å². The molecule has 1 aromatic carbocycles. The molecule has 0 aliphatic heterocycles. The lowest BCUT2D eigenvalue weighted by Gasteiger charge is -2.27. The molecular formula is C17H27N. The largest absolute Gasteiger partial charge is 0.327 e. The van der Waals surface area contributed by atoms with Crippen LogP contribution in [0.4, 0.5) is 0 Å². The van der Waals surface area contributed by atoms with Crippen LogP contribution < -0.4 is 5.73 Å². The molecule has 1 heteroatoms. The van der Waals surface area contributed by atoms with Gasteiger partial charge in [-0.3, -0.25) is 0 Å². The van der Waals surface area contributed by atoms with Gasteiger partial charge in [-0.1, -0.05) is 57.4 Å². The van der Waals surface area contributed by atoms with E-state index < -0.39 is 0 Å². The molecule has 2 rings (SSSR count). The van der Waals surface area contributed by atoms with Crippen LogP contribution in [0.25, 0.3) is 0 Å². The summed E-state index contributed by atoms with van der Waals surface area (Å²) < 4.78 is 0. The van der Waals surface area contributed by atoms with Crippen LogP contribution in [0, 0.1) is 5.92 Å². The second-order valence-corrected chi connectivity index (χ2v) is 6.16. The lowest BCUT2D eigenvalue weighted by Crippen LogP contribution is -2.33. The van der Waals surface area contributed by atoms with Crippen LogP contribution in [-0.4, -0.2) is 6.04 Å². The maximum absolute atomic E-state index is 6.38. The third kappa shape index (κ3) is 3.58. The minimum atomic E-state index is 0.357. The molecule has 2 N–H and O–H groups in total. The number of hydrogen-bond acceptors (Lipinski definition) is 1. The fourth-order valence-corrected chi connectivity index (χ4v) is 3.04. The maximum atomic E-state index is 6.38. The van der Waals surface area contributed by atoms with Crippen molar-refractivity contribution in [3.8, 4) is 0 Å². The van der Waals surface area contributed by atoms with Gasteiger partial charge in [0.05, 0.1) is 0 Å². The first kappa shape index (κ1) is 13.6. The average molecular weight is 245 g/mol. The Morgan fingerprint density at radius 2 is 1.67 bits per heavy atom. The molecule has 1 aliphatic rings. The molecule has 1 fully saturated rings. The summed E-state index contributed by atoms with van der Waals surface area (Å²) in [5.41, 5.74) is 9.20. The predicted octanol–water partition coefficient (Wildman–Crippen LogP) is 4.26. The Balaban J connectivity index is 1.91. The van der Waals surface area contributed by atoms with E-state index >= 15 is 0 Å². The zero-order valence-corrected chi connectivity index (χ0v) is 11.9. The number of nitrogens with two attached hydrogens (primary N) is 1. The van der Waals surface area contributed by atoms with E-state index in [1.165, 1.54) is 43.2 Å². The smallest absolute Gasteiger partial charge is 0.0108 e. The molecule has 1 atom stereocenters. The van der Waals surface area contributed by atoms with E-state index in [-0.39, 0.29) is 0 Å². The van der Waals surface area contributed by atoms with Crippen LogP contribution in [-0.2, 0) is 6.42 Å². The van der Waals surface area contributed by atoms with Gasteiger partial charge in [0.25, 0.3) is 0 Å². The first-order chi connectivity index (χ1) is 8.66. The number of benzene rings is 1. The van der Waals surface area contributed by atoms with E-state index in [1.54, 1.807) is 0 Å². The molecule has 1 unspecified atom stereocenters. The van der Waals surface area contributed by atoms with Crippen molar-refractivity contribution in [2.45, 2.75) is 64.3 Å². The van der Waals surface area contributed by atoms with Crippen molar-refractivity contribution in [2.75, 3.05) is 0 Å². The van der Waals surface area contributed by atoms with Crippen molar-refractivity contribution in [1.29, 1.82) is 0 Å². The molecule has 0 amide bonds. The standard InChI is InChI=1S/C17H27N/c1-13(2)15-10-8-14(9-11-15)12-17(18)16-6-4-3-5-7-16/h8-11,13,16-17H,3-7,12,18H2,1-2H3. The van der Waals surface area contributed by atoms with E-state index in [1.807, 2.05) is 0 Å². The molecule has 0 spiro atoms. The van der Waals surface area contributed by atoms with E-state index in [2.05, 4.69) is 38.1 Å². The van der Waals surface area contributed by atoms with Crippen molar-refractivity contribution < 1.29 is 0 Å². The topological polar surface area (TPSA) is 26.0 Å². The molecule has 0 saturated heterocycles. The lowest BCUT2D eigenvalue weighted by atomic mass is 9.82. The Bertz CT molecular complexity index is 346. The van der Waals surface area contributed by atoms with E-state index in [0.717, 1.165) is 12.3 Å². The van der Waals surface area contributed by atoms with Crippen molar-refractivity contribution in [2.24, 2.45) is 11.7 Å². The summed E-state index contributed by atoms with van der Waals surface area (Å²) in [7, 11) is 0. The number of hydrogen-bond donors (Lipinski definition) is 1. The Morgan fingerprint density at radius 1 is 1.06 bits per heavy atom. The average Bonchev–Trinajstić information content (AvgIpc) is 2.40. The highest BCUT2D eigenvalue weighted by atomic mass is 14.6. The molecule has 1 saturated carbocycles. The van der Waals surface area contributed by atoms with E-state index in [9.17, 15) is 0 Å². The van der Waals surface area contributed by atoms with Gasteiger partial charge < -0.3 is 5.73 Å². The van der Waals surface area contributed by atoms with Gasteiger partial charge in [-0.25, -0.2) is 0 Å². The quantitative estimate of drug-likeness (QED) is 0.842. The highest BCUT2D eigenvalue weighted by Crippen LogP contribution is 2.27. The SMILES string of the molecule is CC(C)c1ccc(CC(N)C2CCCCC2)cc1. The Labute approximate surface area is 112 Å². The predicted molar refractivity (Wildman–Crippen MR) is 78.8 cm³/mol. The first-order valence-electron chi connectivity index (χ1n) is 7.51. The monoisotopic (exact) mass is 245 g/mol. The second-order valence-electron chi connectivity index (χ2n) is 6.16. The minimum absolute atomic E-state index is 0.357. The summed E-state index contributed by atoms with van der Waals surface area (Å²) in [4.78, 5) is 0. The van der Waals surface area contributed by atoms with Gasteiger partial charge in [-0.2, -0.15) is 0 Å². The van der Waals surface area contributed by atoms with Crippen molar-refractivity contribution in [3.63, 3.8) is 0 Å². The van der Waals surface area contributed by atoms with Crippen molar-refractivity contribution in [3.05, 3.63) is 35.4 Å². The molecule has 100 valence electrons. The summed E-state index contributed by atoms with van der Waals surface area (Å²) in [6.07, 6.45) is 7.89. The van der Waals surface area contributed by atoms with Gasteiger partial charge >= 0.3 is 0 Å². The van der Waals surface area contributed by atoms with Gasteiger partial charge in [-0.15, -0.1) is 0 Å². The molecule has 1 aromatic rings. The van der Waals surface area contributed by atoms with E-state index in [0.29, 0.717) is 12.0 Å². The lowest BCUT2D eigenvalue weighted by molar-refractivity contribution is 0.303. The van der Waals surface area contributed by atoms with Crippen LogP contribution in [0.5, 0.6) is 0 Å². The third-order valence-corrected chi connectivity index (χ3v) is 4.37. The van der Waals surface area contributed by atoms with Gasteiger partial charge in [0, 0.05) is 6.04 Å². The molecule has 0 aromatic heterocycles. The summed E-state index contributed by atoms with van der Waals surface area (Å²) in [5.74, 6) is 1.37. The zero-order valence-electron chi connectivity index (χ0n) is 11.9. The first-order valence-corrected chi connectivity index (χ1v) is 7.51. The fourth-order valence-electron chi connectivity index (χ4n) is 3.04. The van der Waals surface area contributed by atoms with Crippen LogP contribution in [0.15, 0.2) is 24.3 Å². The summed E-state index contributed by atoms with van der Waals surface area (Å²) in [6.45, 7) is 4.48. The molecule has 0 bridgehead atoms. The Hall–Kier alpha value is -0.820. The summed E-state index contributed by atoms with van der Waals surface area (Å²) >= 11 is 0. The molecule has 1 nitrogen and oxygen atoms in total. The van der Waals surface area contributed by atoms with Crippen LogP contribution in [0.2, 0.25) is 0 Å². The fraction of sp³-hybridized carbons (Fsp3) is 0.647. The minimum Gasteiger partial charge on any atom is -0.327 e. The third-order valence-electron chi connectivity index (χ3n) is 4.37. The number of rotatable bonds is 4. The molecule has 0 heterocycles. The van der Waals surface area contributed by atoms with Crippen molar-refractivity contribution in [1.82, 2.24) is 0 Å². The molecule has 18 heavy (non-hydrogen) atoms. The molecular weight excluding hydrogens is 218 g/mol. The molecule has 0 radical (unpaired) electrons. The molecule has 1 aliphatic carbocycles. The Kier molecular flexibility index (Phi) is 4.82.